The molecule has 0 unspecified atom stereocenters. The van der Waals surface area contributed by atoms with E-state index in [2.05, 4.69) is 38.5 Å². The van der Waals surface area contributed by atoms with Gasteiger partial charge in [0, 0.05) is 9.99 Å². The van der Waals surface area contributed by atoms with Crippen molar-refractivity contribution >= 4 is 44.3 Å². The number of rotatable bonds is 0. The molecule has 0 saturated heterocycles. The fourth-order valence-corrected chi connectivity index (χ4v) is 2.48. The van der Waals surface area contributed by atoms with E-state index in [-0.39, 0.29) is 5.78 Å². The highest BCUT2D eigenvalue weighted by molar-refractivity contribution is 14.1. The Morgan fingerprint density at radius 1 is 1.46 bits per heavy atom. The highest BCUT2D eigenvalue weighted by atomic mass is 127. The molecule has 4 heteroatoms. The van der Waals surface area contributed by atoms with Gasteiger partial charge < -0.3 is 4.74 Å². The van der Waals surface area contributed by atoms with Crippen LogP contribution in [0, 0.1) is 3.57 Å². The van der Waals surface area contributed by atoms with Crippen molar-refractivity contribution in [3.63, 3.8) is 0 Å². The minimum Gasteiger partial charge on any atom is -0.491 e. The van der Waals surface area contributed by atoms with Crippen LogP contribution in [0.4, 0.5) is 0 Å². The van der Waals surface area contributed by atoms with E-state index >= 15 is 0 Å². The Labute approximate surface area is 97.9 Å². The third kappa shape index (κ3) is 1.61. The summed E-state index contributed by atoms with van der Waals surface area (Å²) in [6.07, 6.45) is 0.486. The minimum absolute atomic E-state index is 0.173. The molecule has 0 aromatic heterocycles. The molecule has 1 aromatic carbocycles. The Kier molecular flexibility index (Phi) is 2.60. The molecular weight excluding hydrogens is 347 g/mol. The molecular formula is C9H6BrIO2. The van der Waals surface area contributed by atoms with E-state index in [0.29, 0.717) is 18.8 Å². The van der Waals surface area contributed by atoms with Gasteiger partial charge in [0.25, 0.3) is 0 Å². The lowest BCUT2D eigenvalue weighted by atomic mass is 10.1. The van der Waals surface area contributed by atoms with Crippen LogP contribution in [0.15, 0.2) is 16.6 Å². The van der Waals surface area contributed by atoms with E-state index in [4.69, 9.17) is 4.74 Å². The summed E-state index contributed by atoms with van der Waals surface area (Å²) in [4.78, 5) is 11.6. The first-order valence-corrected chi connectivity index (χ1v) is 5.71. The zero-order valence-electron chi connectivity index (χ0n) is 6.64. The van der Waals surface area contributed by atoms with E-state index in [1.165, 1.54) is 0 Å². The van der Waals surface area contributed by atoms with Crippen LogP contribution >= 0.6 is 38.5 Å². The van der Waals surface area contributed by atoms with Crippen LogP contribution in [0.1, 0.15) is 16.8 Å². The van der Waals surface area contributed by atoms with Gasteiger partial charge in [0.2, 0.25) is 0 Å². The summed E-state index contributed by atoms with van der Waals surface area (Å²) in [5.74, 6) is 0.870. The smallest absolute Gasteiger partial charge is 0.171 e. The van der Waals surface area contributed by atoms with E-state index in [1.54, 1.807) is 0 Å². The number of carbonyl (C=O) groups excluding carboxylic acids is 1. The predicted octanol–water partition coefficient (Wildman–Crippen LogP) is 3.02. The summed E-state index contributed by atoms with van der Waals surface area (Å²) in [6.45, 7) is 0.491. The Morgan fingerprint density at radius 2 is 2.23 bits per heavy atom. The van der Waals surface area contributed by atoms with Gasteiger partial charge in [-0.2, -0.15) is 0 Å². The second-order valence-electron chi connectivity index (χ2n) is 2.75. The molecule has 1 aliphatic rings. The Morgan fingerprint density at radius 3 is 2.92 bits per heavy atom. The highest BCUT2D eigenvalue weighted by Crippen LogP contribution is 2.35. The zero-order chi connectivity index (χ0) is 9.42. The van der Waals surface area contributed by atoms with Crippen molar-refractivity contribution in [1.82, 2.24) is 0 Å². The van der Waals surface area contributed by atoms with Crippen molar-refractivity contribution in [2.45, 2.75) is 6.42 Å². The second-order valence-corrected chi connectivity index (χ2v) is 4.77. The van der Waals surface area contributed by atoms with Crippen LogP contribution < -0.4 is 4.74 Å². The molecule has 0 aliphatic carbocycles. The lowest BCUT2D eigenvalue weighted by molar-refractivity contribution is 0.0931. The normalized spacial score (nSPS) is 15.1. The first-order chi connectivity index (χ1) is 6.20. The largest absolute Gasteiger partial charge is 0.491 e. The lowest BCUT2D eigenvalue weighted by Gasteiger charge is -2.18. The van der Waals surface area contributed by atoms with Gasteiger partial charge in [-0.15, -0.1) is 0 Å². The van der Waals surface area contributed by atoms with Gasteiger partial charge in [0.05, 0.1) is 16.6 Å². The summed E-state index contributed by atoms with van der Waals surface area (Å²) in [5.41, 5.74) is 0.723. The highest BCUT2D eigenvalue weighted by Gasteiger charge is 2.23. The van der Waals surface area contributed by atoms with Gasteiger partial charge in [-0.25, -0.2) is 0 Å². The minimum atomic E-state index is 0.173. The molecule has 1 aromatic rings. The van der Waals surface area contributed by atoms with Crippen molar-refractivity contribution in [2.24, 2.45) is 0 Å². The van der Waals surface area contributed by atoms with Crippen LogP contribution in [0.2, 0.25) is 0 Å². The topological polar surface area (TPSA) is 26.3 Å². The Hall–Kier alpha value is -0.100. The summed E-state index contributed by atoms with van der Waals surface area (Å²) in [7, 11) is 0. The predicted molar refractivity (Wildman–Crippen MR) is 61.3 cm³/mol. The average molecular weight is 353 g/mol. The zero-order valence-corrected chi connectivity index (χ0v) is 10.4. The van der Waals surface area contributed by atoms with Gasteiger partial charge >= 0.3 is 0 Å². The molecule has 1 heterocycles. The third-order valence-electron chi connectivity index (χ3n) is 1.91. The molecule has 0 N–H and O–H groups in total. The average Bonchev–Trinajstić information content (AvgIpc) is 2.12. The number of ether oxygens (including phenoxy) is 1. The molecule has 2 nitrogen and oxygen atoms in total. The first kappa shape index (κ1) is 9.45. The van der Waals surface area contributed by atoms with E-state index < -0.39 is 0 Å². The van der Waals surface area contributed by atoms with E-state index in [9.17, 15) is 4.79 Å². The molecule has 1 aliphatic heterocycles. The van der Waals surface area contributed by atoms with Crippen LogP contribution in [-0.2, 0) is 0 Å². The maximum Gasteiger partial charge on any atom is 0.171 e. The van der Waals surface area contributed by atoms with Gasteiger partial charge in [-0.05, 0) is 50.7 Å². The second kappa shape index (κ2) is 3.57. The number of fused-ring (bicyclic) bond motifs is 1. The summed E-state index contributed by atoms with van der Waals surface area (Å²) >= 11 is 5.52. The molecule has 68 valence electrons. The third-order valence-corrected chi connectivity index (χ3v) is 3.44. The molecule has 0 atom stereocenters. The number of benzene rings is 1. The van der Waals surface area contributed by atoms with Crippen LogP contribution in [0.5, 0.6) is 5.75 Å². The Balaban J connectivity index is 2.67. The van der Waals surface area contributed by atoms with Crippen molar-refractivity contribution in [3.8, 4) is 5.75 Å². The van der Waals surface area contributed by atoms with Gasteiger partial charge in [-0.3, -0.25) is 4.79 Å². The van der Waals surface area contributed by atoms with Gasteiger partial charge in [0.15, 0.2) is 5.78 Å². The maximum absolute atomic E-state index is 11.6. The maximum atomic E-state index is 11.6. The van der Waals surface area contributed by atoms with E-state index in [1.807, 2.05) is 12.1 Å². The SMILES string of the molecule is O=C1CCOc2c(Br)ccc(I)c21. The van der Waals surface area contributed by atoms with Crippen LogP contribution in [0.3, 0.4) is 0 Å². The summed E-state index contributed by atoms with van der Waals surface area (Å²) in [5, 5.41) is 0. The van der Waals surface area contributed by atoms with Crippen molar-refractivity contribution in [3.05, 3.63) is 25.7 Å². The van der Waals surface area contributed by atoms with Crippen molar-refractivity contribution in [2.75, 3.05) is 6.61 Å². The molecule has 13 heavy (non-hydrogen) atoms. The fraction of sp³-hybridized carbons (Fsp3) is 0.222. The van der Waals surface area contributed by atoms with Crippen molar-refractivity contribution in [1.29, 1.82) is 0 Å². The molecule has 0 saturated carbocycles. The van der Waals surface area contributed by atoms with Gasteiger partial charge in [-0.1, -0.05) is 0 Å². The molecule has 0 bridgehead atoms. The fourth-order valence-electron chi connectivity index (χ4n) is 1.30. The monoisotopic (exact) mass is 352 g/mol. The molecule has 2 rings (SSSR count). The molecule has 0 amide bonds. The Bertz CT molecular complexity index is 376. The van der Waals surface area contributed by atoms with Crippen LogP contribution in [-0.4, -0.2) is 12.4 Å². The first-order valence-electron chi connectivity index (χ1n) is 3.84. The number of carbonyl (C=O) groups is 1. The summed E-state index contributed by atoms with van der Waals surface area (Å²) < 4.78 is 7.25. The van der Waals surface area contributed by atoms with Gasteiger partial charge in [0.1, 0.15) is 5.75 Å². The number of ketones is 1. The summed E-state index contributed by atoms with van der Waals surface area (Å²) in [6, 6.07) is 3.81. The van der Waals surface area contributed by atoms with Crippen molar-refractivity contribution < 1.29 is 9.53 Å². The number of hydrogen-bond acceptors (Lipinski definition) is 2. The standard InChI is InChI=1S/C9H6BrIO2/c10-5-1-2-6(11)8-7(12)3-4-13-9(5)8/h1-2H,3-4H2. The van der Waals surface area contributed by atoms with Crippen LogP contribution in [0.25, 0.3) is 0 Å². The number of Topliss-reactive ketones (excluding diaryl/α,β-unsaturated/α-hetero) is 1. The van der Waals surface area contributed by atoms with E-state index in [0.717, 1.165) is 13.6 Å². The lowest BCUT2D eigenvalue weighted by Crippen LogP contribution is -2.16. The molecule has 0 fully saturated rings. The quantitative estimate of drug-likeness (QED) is 0.671. The number of halogens is 2. The number of hydrogen-bond donors (Lipinski definition) is 0. The molecule has 0 radical (unpaired) electrons. The molecule has 0 spiro atoms.